The predicted octanol–water partition coefficient (Wildman–Crippen LogP) is 4.63. The van der Waals surface area contributed by atoms with Crippen molar-refractivity contribution in [1.82, 2.24) is 5.32 Å². The van der Waals surface area contributed by atoms with Crippen molar-refractivity contribution in [2.75, 3.05) is 0 Å². The molecule has 1 rings (SSSR count). The van der Waals surface area contributed by atoms with Gasteiger partial charge in [-0.05, 0) is 30.5 Å². The van der Waals surface area contributed by atoms with Gasteiger partial charge in [-0.1, -0.05) is 36.7 Å². The van der Waals surface area contributed by atoms with Gasteiger partial charge in [0.15, 0.2) is 0 Å². The molecule has 1 unspecified atom stereocenters. The molecule has 112 valence electrons. The van der Waals surface area contributed by atoms with E-state index < -0.39 is 17.6 Å². The molecule has 0 aliphatic rings. The average molecular weight is 352 g/mol. The Balaban J connectivity index is 3.00. The molecule has 1 N–H and O–H groups in total. The summed E-state index contributed by atoms with van der Waals surface area (Å²) in [5.41, 5.74) is -0.831. The number of hydrogen-bond acceptors (Lipinski definition) is 1. The molecule has 0 aromatic heterocycles. The van der Waals surface area contributed by atoms with Crippen molar-refractivity contribution >= 4 is 21.8 Å². The Kier molecular flexibility index (Phi) is 5.62. The summed E-state index contributed by atoms with van der Waals surface area (Å²) in [6.45, 7) is 5.84. The molecule has 0 bridgehead atoms. The van der Waals surface area contributed by atoms with Crippen LogP contribution in [-0.4, -0.2) is 11.9 Å². The summed E-state index contributed by atoms with van der Waals surface area (Å²) in [6.07, 6.45) is -3.76. The van der Waals surface area contributed by atoms with Crippen LogP contribution in [0.1, 0.15) is 43.1 Å². The van der Waals surface area contributed by atoms with Crippen molar-refractivity contribution in [2.24, 2.45) is 5.92 Å². The molecule has 0 saturated heterocycles. The molecule has 6 heteroatoms. The van der Waals surface area contributed by atoms with E-state index in [-0.39, 0.29) is 22.0 Å². The van der Waals surface area contributed by atoms with Gasteiger partial charge in [0.1, 0.15) is 0 Å². The van der Waals surface area contributed by atoms with Crippen molar-refractivity contribution in [1.29, 1.82) is 0 Å². The van der Waals surface area contributed by atoms with E-state index >= 15 is 0 Å². The lowest BCUT2D eigenvalue weighted by molar-refractivity contribution is -0.138. The summed E-state index contributed by atoms with van der Waals surface area (Å²) in [5.74, 6) is -0.259. The second kappa shape index (κ2) is 6.61. The molecule has 1 atom stereocenters. The summed E-state index contributed by atoms with van der Waals surface area (Å²) in [7, 11) is 0. The number of benzene rings is 1. The van der Waals surface area contributed by atoms with E-state index in [0.29, 0.717) is 0 Å². The first-order valence-corrected chi connectivity index (χ1v) is 7.13. The number of carbonyl (C=O) groups is 1. The quantitative estimate of drug-likeness (QED) is 0.841. The second-order valence-corrected chi connectivity index (χ2v) is 5.78. The highest BCUT2D eigenvalue weighted by atomic mass is 79.9. The zero-order chi connectivity index (χ0) is 15.5. The molecule has 0 aliphatic heterocycles. The Bertz CT molecular complexity index is 486. The van der Waals surface area contributed by atoms with Crippen molar-refractivity contribution in [2.45, 2.75) is 39.4 Å². The van der Waals surface area contributed by atoms with Crippen LogP contribution in [0.5, 0.6) is 0 Å². The molecule has 0 heterocycles. The lowest BCUT2D eigenvalue weighted by Gasteiger charge is -2.21. The molecule has 0 radical (unpaired) electrons. The molecular formula is C14H17BrF3NO. The molecule has 0 spiro atoms. The highest BCUT2D eigenvalue weighted by Gasteiger charge is 2.33. The lowest BCUT2D eigenvalue weighted by atomic mass is 10.0. The molecule has 1 aromatic rings. The zero-order valence-electron chi connectivity index (χ0n) is 11.5. The fourth-order valence-corrected chi connectivity index (χ4v) is 2.35. The first kappa shape index (κ1) is 17.0. The van der Waals surface area contributed by atoms with Gasteiger partial charge in [-0.2, -0.15) is 13.2 Å². The summed E-state index contributed by atoms with van der Waals surface area (Å²) >= 11 is 2.85. The Morgan fingerprint density at radius 2 is 1.95 bits per heavy atom. The smallest absolute Gasteiger partial charge is 0.349 e. The number of alkyl halides is 3. The van der Waals surface area contributed by atoms with E-state index in [4.69, 9.17) is 0 Å². The third-order valence-electron chi connectivity index (χ3n) is 3.10. The van der Waals surface area contributed by atoms with Crippen molar-refractivity contribution in [3.63, 3.8) is 0 Å². The Morgan fingerprint density at radius 3 is 2.40 bits per heavy atom. The zero-order valence-corrected chi connectivity index (χ0v) is 13.1. The molecule has 0 fully saturated rings. The standard InChI is InChI=1S/C14H17BrF3NO/c1-4-12(8(2)3)19-13(20)9-5-6-11(15)10(7-9)14(16,17)18/h5-8,12H,4H2,1-3H3,(H,19,20). The predicted molar refractivity (Wildman–Crippen MR) is 75.5 cm³/mol. The number of rotatable bonds is 4. The maximum absolute atomic E-state index is 12.8. The average Bonchev–Trinajstić information content (AvgIpc) is 2.34. The fraction of sp³-hybridized carbons (Fsp3) is 0.500. The van der Waals surface area contributed by atoms with Gasteiger partial charge in [-0.15, -0.1) is 0 Å². The van der Waals surface area contributed by atoms with Crippen LogP contribution < -0.4 is 5.32 Å². The number of nitrogens with one attached hydrogen (secondary N) is 1. The molecule has 0 aliphatic carbocycles. The molecule has 2 nitrogen and oxygen atoms in total. The van der Waals surface area contributed by atoms with Gasteiger partial charge in [-0.3, -0.25) is 4.79 Å². The van der Waals surface area contributed by atoms with Crippen molar-refractivity contribution in [3.05, 3.63) is 33.8 Å². The van der Waals surface area contributed by atoms with Crippen LogP contribution in [0, 0.1) is 5.92 Å². The largest absolute Gasteiger partial charge is 0.417 e. The van der Waals surface area contributed by atoms with Crippen molar-refractivity contribution < 1.29 is 18.0 Å². The van der Waals surface area contributed by atoms with Crippen LogP contribution >= 0.6 is 15.9 Å². The number of carbonyl (C=O) groups excluding carboxylic acids is 1. The van der Waals surface area contributed by atoms with E-state index in [1.807, 2.05) is 20.8 Å². The fourth-order valence-electron chi connectivity index (χ4n) is 1.88. The van der Waals surface area contributed by atoms with E-state index in [0.717, 1.165) is 12.5 Å². The second-order valence-electron chi connectivity index (χ2n) is 4.92. The Labute approximate surface area is 124 Å². The summed E-state index contributed by atoms with van der Waals surface area (Å²) in [5, 5.41) is 2.76. The van der Waals surface area contributed by atoms with Crippen LogP contribution in [0.3, 0.4) is 0 Å². The van der Waals surface area contributed by atoms with E-state index in [9.17, 15) is 18.0 Å². The maximum Gasteiger partial charge on any atom is 0.417 e. The van der Waals surface area contributed by atoms with Crippen LogP contribution in [0.25, 0.3) is 0 Å². The monoisotopic (exact) mass is 351 g/mol. The minimum Gasteiger partial charge on any atom is -0.349 e. The van der Waals surface area contributed by atoms with Gasteiger partial charge in [0, 0.05) is 16.1 Å². The maximum atomic E-state index is 12.8. The topological polar surface area (TPSA) is 29.1 Å². The van der Waals surface area contributed by atoms with E-state index in [2.05, 4.69) is 21.2 Å². The van der Waals surface area contributed by atoms with Crippen LogP contribution in [0.2, 0.25) is 0 Å². The minimum absolute atomic E-state index is 0.0135. The summed E-state index contributed by atoms with van der Waals surface area (Å²) < 4.78 is 38.3. The minimum atomic E-state index is -4.49. The molecule has 0 saturated carbocycles. The normalized spacial score (nSPS) is 13.4. The third kappa shape index (κ3) is 4.23. The number of halogens is 4. The van der Waals surface area contributed by atoms with Gasteiger partial charge in [0.25, 0.3) is 5.91 Å². The Hall–Kier alpha value is -1.04. The van der Waals surface area contributed by atoms with Gasteiger partial charge < -0.3 is 5.32 Å². The van der Waals surface area contributed by atoms with Gasteiger partial charge >= 0.3 is 6.18 Å². The third-order valence-corrected chi connectivity index (χ3v) is 3.79. The van der Waals surface area contributed by atoms with E-state index in [1.165, 1.54) is 12.1 Å². The van der Waals surface area contributed by atoms with Crippen LogP contribution in [0.4, 0.5) is 13.2 Å². The summed E-state index contributed by atoms with van der Waals surface area (Å²) in [6, 6.07) is 3.43. The van der Waals surface area contributed by atoms with Gasteiger partial charge in [0.2, 0.25) is 0 Å². The molecule has 1 amide bonds. The first-order chi connectivity index (χ1) is 9.16. The molecule has 1 aromatic carbocycles. The SMILES string of the molecule is CCC(NC(=O)c1ccc(Br)c(C(F)(F)F)c1)C(C)C. The van der Waals surface area contributed by atoms with Crippen LogP contribution in [-0.2, 0) is 6.18 Å². The Morgan fingerprint density at radius 1 is 1.35 bits per heavy atom. The first-order valence-electron chi connectivity index (χ1n) is 6.34. The van der Waals surface area contributed by atoms with E-state index in [1.54, 1.807) is 0 Å². The highest BCUT2D eigenvalue weighted by molar-refractivity contribution is 9.10. The van der Waals surface area contributed by atoms with Crippen LogP contribution in [0.15, 0.2) is 22.7 Å². The van der Waals surface area contributed by atoms with Crippen molar-refractivity contribution in [3.8, 4) is 0 Å². The molecular weight excluding hydrogens is 335 g/mol. The molecule has 20 heavy (non-hydrogen) atoms. The van der Waals surface area contributed by atoms with Gasteiger partial charge in [0.05, 0.1) is 5.56 Å². The highest BCUT2D eigenvalue weighted by Crippen LogP contribution is 2.35. The number of hydrogen-bond donors (Lipinski definition) is 1. The number of amides is 1. The summed E-state index contributed by atoms with van der Waals surface area (Å²) in [4.78, 5) is 12.0. The van der Waals surface area contributed by atoms with Gasteiger partial charge in [-0.25, -0.2) is 0 Å². The lowest BCUT2D eigenvalue weighted by Crippen LogP contribution is -2.38.